The van der Waals surface area contributed by atoms with Crippen LogP contribution in [0.25, 0.3) is 33.2 Å². The van der Waals surface area contributed by atoms with E-state index in [0.29, 0.717) is 11.1 Å². The number of pyridine rings is 1. The number of furan rings is 1. The van der Waals surface area contributed by atoms with Gasteiger partial charge >= 0.3 is 0 Å². The molecule has 1 fully saturated rings. The van der Waals surface area contributed by atoms with Crippen LogP contribution in [0.5, 0.6) is 0 Å². The Morgan fingerprint density at radius 3 is 2.81 bits per heavy atom. The van der Waals surface area contributed by atoms with Crippen LogP contribution in [0.1, 0.15) is 40.9 Å². The molecule has 2 aromatic carbocycles. The number of hydrogen-bond donors (Lipinski definition) is 0. The summed E-state index contributed by atoms with van der Waals surface area (Å²) in [6.07, 6.45) is 8.47. The van der Waals surface area contributed by atoms with E-state index >= 15 is 0 Å². The fourth-order valence-electron chi connectivity index (χ4n) is 4.25. The van der Waals surface area contributed by atoms with Crippen LogP contribution in [0.4, 0.5) is 0 Å². The number of hydrogen-bond acceptors (Lipinski definition) is 2. The van der Waals surface area contributed by atoms with E-state index in [2.05, 4.69) is 12.1 Å². The minimum absolute atomic E-state index is 0.292. The molecule has 0 saturated heterocycles. The van der Waals surface area contributed by atoms with Gasteiger partial charge in [-0.1, -0.05) is 56.0 Å². The van der Waals surface area contributed by atoms with Crippen LogP contribution < -0.4 is 0 Å². The van der Waals surface area contributed by atoms with Crippen molar-refractivity contribution in [3.8, 4) is 11.3 Å². The zero-order chi connectivity index (χ0) is 20.0. The van der Waals surface area contributed by atoms with Gasteiger partial charge in [0.2, 0.25) is 0 Å². The Kier molecular flexibility index (Phi) is 3.07. The van der Waals surface area contributed by atoms with E-state index in [1.54, 1.807) is 12.1 Å². The van der Waals surface area contributed by atoms with Crippen LogP contribution in [0, 0.1) is 12.8 Å². The van der Waals surface area contributed by atoms with Crippen molar-refractivity contribution in [3.63, 3.8) is 0 Å². The predicted molar refractivity (Wildman–Crippen MR) is 107 cm³/mol. The van der Waals surface area contributed by atoms with Gasteiger partial charge in [-0.05, 0) is 48.5 Å². The molecule has 0 atom stereocenters. The van der Waals surface area contributed by atoms with Crippen LogP contribution >= 0.6 is 0 Å². The number of aromatic nitrogens is 1. The Hall–Kier alpha value is -2.61. The average Bonchev–Trinajstić information content (AvgIpc) is 3.34. The molecule has 0 spiro atoms. The smallest absolute Gasteiger partial charge is 0.144 e. The highest BCUT2D eigenvalue weighted by atomic mass is 16.3. The van der Waals surface area contributed by atoms with E-state index in [9.17, 15) is 0 Å². The SMILES string of the molecule is [2H]C([2H])([2H])c1ccc2c(c1)oc1c(-c3ccc(CC4CCCC4)cn3)cccc12. The molecule has 0 unspecified atom stereocenters. The fraction of sp³-hybridized carbons (Fsp3) is 0.292. The molecule has 1 aliphatic rings. The van der Waals surface area contributed by atoms with Gasteiger partial charge in [-0.15, -0.1) is 0 Å². The van der Waals surface area contributed by atoms with Crippen molar-refractivity contribution in [3.05, 3.63) is 65.9 Å². The van der Waals surface area contributed by atoms with Gasteiger partial charge in [0.15, 0.2) is 0 Å². The van der Waals surface area contributed by atoms with Crippen LogP contribution in [0.2, 0.25) is 0 Å². The first-order valence-corrected chi connectivity index (χ1v) is 9.40. The lowest BCUT2D eigenvalue weighted by Gasteiger charge is -2.09. The van der Waals surface area contributed by atoms with Crippen LogP contribution in [0.15, 0.2) is 59.1 Å². The quantitative estimate of drug-likeness (QED) is 0.414. The molecule has 1 aliphatic carbocycles. The van der Waals surface area contributed by atoms with E-state index in [0.717, 1.165) is 40.0 Å². The monoisotopic (exact) mass is 344 g/mol. The van der Waals surface area contributed by atoms with Gasteiger partial charge in [0.25, 0.3) is 0 Å². The number of aryl methyl sites for hydroxylation is 1. The van der Waals surface area contributed by atoms with Crippen molar-refractivity contribution in [2.75, 3.05) is 0 Å². The fourth-order valence-corrected chi connectivity index (χ4v) is 4.25. The van der Waals surface area contributed by atoms with Crippen molar-refractivity contribution < 1.29 is 8.53 Å². The summed E-state index contributed by atoms with van der Waals surface area (Å²) in [5, 5.41) is 1.90. The summed E-state index contributed by atoms with van der Waals surface area (Å²) in [6, 6.07) is 15.4. The van der Waals surface area contributed by atoms with Crippen molar-refractivity contribution in [2.24, 2.45) is 5.92 Å². The summed E-state index contributed by atoms with van der Waals surface area (Å²) >= 11 is 0. The lowest BCUT2D eigenvalue weighted by Crippen LogP contribution is -1.99. The Balaban J connectivity index is 1.54. The molecule has 26 heavy (non-hydrogen) atoms. The number of benzene rings is 2. The van der Waals surface area contributed by atoms with E-state index in [4.69, 9.17) is 13.5 Å². The number of nitrogens with zero attached hydrogens (tertiary/aromatic N) is 1. The molecule has 0 radical (unpaired) electrons. The minimum atomic E-state index is -2.15. The lowest BCUT2D eigenvalue weighted by atomic mass is 9.98. The molecule has 0 amide bonds. The number of fused-ring (bicyclic) bond motifs is 3. The summed E-state index contributed by atoms with van der Waals surface area (Å²) in [5.41, 5.74) is 4.74. The highest BCUT2D eigenvalue weighted by Gasteiger charge is 2.16. The summed E-state index contributed by atoms with van der Waals surface area (Å²) in [7, 11) is 0. The van der Waals surface area contributed by atoms with Gasteiger partial charge < -0.3 is 4.42 Å². The van der Waals surface area contributed by atoms with Crippen molar-refractivity contribution in [2.45, 2.75) is 39.0 Å². The molecule has 0 bridgehead atoms. The molecular weight excluding hydrogens is 318 g/mol. The minimum Gasteiger partial charge on any atom is -0.455 e. The molecule has 1 saturated carbocycles. The molecule has 0 N–H and O–H groups in total. The first-order chi connectivity index (χ1) is 14.0. The number of para-hydroxylation sites is 1. The summed E-state index contributed by atoms with van der Waals surface area (Å²) in [4.78, 5) is 4.72. The summed E-state index contributed by atoms with van der Waals surface area (Å²) < 4.78 is 29.0. The third-order valence-corrected chi connectivity index (χ3v) is 5.60. The largest absolute Gasteiger partial charge is 0.455 e. The second kappa shape index (κ2) is 6.28. The Morgan fingerprint density at radius 1 is 1.08 bits per heavy atom. The molecule has 2 heterocycles. The Morgan fingerprint density at radius 2 is 2.00 bits per heavy atom. The topological polar surface area (TPSA) is 26.0 Å². The Bertz CT molecular complexity index is 1170. The maximum Gasteiger partial charge on any atom is 0.144 e. The standard InChI is InChI=1S/C24H23NO/c1-16-9-11-19-20-7-4-8-21(24(20)26-23(19)13-16)22-12-10-18(15-25-22)14-17-5-2-3-6-17/h4,7-13,15,17H,2-3,5-6,14H2,1H3/i1D3. The normalized spacial score (nSPS) is 17.5. The van der Waals surface area contributed by atoms with E-state index in [-0.39, 0.29) is 0 Å². The van der Waals surface area contributed by atoms with E-state index in [1.165, 1.54) is 31.2 Å². The van der Waals surface area contributed by atoms with Crippen LogP contribution in [-0.2, 0) is 6.42 Å². The summed E-state index contributed by atoms with van der Waals surface area (Å²) in [5.74, 6) is 0.800. The third kappa shape index (κ3) is 2.70. The summed E-state index contributed by atoms with van der Waals surface area (Å²) in [6.45, 7) is -2.15. The molecule has 2 aromatic heterocycles. The maximum atomic E-state index is 7.64. The van der Waals surface area contributed by atoms with Gasteiger partial charge in [0, 0.05) is 26.6 Å². The van der Waals surface area contributed by atoms with Gasteiger partial charge in [-0.25, -0.2) is 0 Å². The second-order valence-electron chi connectivity index (χ2n) is 7.40. The average molecular weight is 344 g/mol. The zero-order valence-corrected chi connectivity index (χ0v) is 14.7. The van der Waals surface area contributed by atoms with Gasteiger partial charge in [-0.2, -0.15) is 0 Å². The highest BCUT2D eigenvalue weighted by molar-refractivity contribution is 6.09. The van der Waals surface area contributed by atoms with Crippen LogP contribution in [0.3, 0.4) is 0 Å². The predicted octanol–water partition coefficient (Wildman–Crippen LogP) is 6.69. The maximum absolute atomic E-state index is 7.64. The van der Waals surface area contributed by atoms with Gasteiger partial charge in [0.05, 0.1) is 5.69 Å². The van der Waals surface area contributed by atoms with E-state index in [1.807, 2.05) is 30.5 Å². The van der Waals surface area contributed by atoms with Crippen molar-refractivity contribution in [1.29, 1.82) is 0 Å². The Labute approximate surface area is 158 Å². The molecule has 2 nitrogen and oxygen atoms in total. The third-order valence-electron chi connectivity index (χ3n) is 5.60. The highest BCUT2D eigenvalue weighted by Crippen LogP contribution is 2.35. The molecule has 130 valence electrons. The van der Waals surface area contributed by atoms with E-state index < -0.39 is 6.85 Å². The molecule has 5 rings (SSSR count). The molecular formula is C24H23NO. The first-order valence-electron chi connectivity index (χ1n) is 10.9. The van der Waals surface area contributed by atoms with Crippen molar-refractivity contribution >= 4 is 21.9 Å². The first kappa shape index (κ1) is 12.7. The second-order valence-corrected chi connectivity index (χ2v) is 7.40. The molecule has 0 aliphatic heterocycles. The van der Waals surface area contributed by atoms with Crippen molar-refractivity contribution in [1.82, 2.24) is 4.98 Å². The van der Waals surface area contributed by atoms with Crippen LogP contribution in [-0.4, -0.2) is 4.98 Å². The zero-order valence-electron chi connectivity index (χ0n) is 17.7. The lowest BCUT2D eigenvalue weighted by molar-refractivity contribution is 0.545. The molecule has 2 heteroatoms. The van der Waals surface area contributed by atoms with Gasteiger partial charge in [0.1, 0.15) is 11.2 Å². The molecule has 4 aromatic rings. The number of rotatable bonds is 3. The van der Waals surface area contributed by atoms with Gasteiger partial charge in [-0.3, -0.25) is 4.98 Å².